The Morgan fingerprint density at radius 2 is 2.00 bits per heavy atom. The third-order valence-corrected chi connectivity index (χ3v) is 3.62. The van der Waals surface area contributed by atoms with Gasteiger partial charge in [0.1, 0.15) is 5.75 Å². The van der Waals surface area contributed by atoms with E-state index in [0.29, 0.717) is 16.9 Å². The van der Waals surface area contributed by atoms with Gasteiger partial charge in [-0.15, -0.1) is 0 Å². The van der Waals surface area contributed by atoms with Crippen molar-refractivity contribution in [3.63, 3.8) is 0 Å². The van der Waals surface area contributed by atoms with Crippen LogP contribution in [0.5, 0.6) is 5.75 Å². The predicted octanol–water partition coefficient (Wildman–Crippen LogP) is 1.65. The van der Waals surface area contributed by atoms with Crippen LogP contribution in [0, 0.1) is 0 Å². The van der Waals surface area contributed by atoms with Crippen LogP contribution in [0.4, 0.5) is 0 Å². The number of ketones is 1. The molecule has 0 saturated heterocycles. The SMILES string of the molecule is COc1ccc(C(C)=O)cc1CC(=O)OC(C)C(=O)NC1CC1. The van der Waals surface area contributed by atoms with E-state index in [9.17, 15) is 14.4 Å². The van der Waals surface area contributed by atoms with Crippen molar-refractivity contribution in [3.05, 3.63) is 29.3 Å². The number of nitrogens with one attached hydrogen (secondary N) is 1. The average molecular weight is 319 g/mol. The van der Waals surface area contributed by atoms with Gasteiger partial charge in [0.05, 0.1) is 13.5 Å². The molecule has 1 fully saturated rings. The number of esters is 1. The van der Waals surface area contributed by atoms with Gasteiger partial charge in [0.15, 0.2) is 11.9 Å². The van der Waals surface area contributed by atoms with E-state index in [2.05, 4.69) is 5.32 Å². The highest BCUT2D eigenvalue weighted by molar-refractivity contribution is 5.94. The molecule has 1 aromatic carbocycles. The van der Waals surface area contributed by atoms with E-state index in [1.807, 2.05) is 0 Å². The van der Waals surface area contributed by atoms with Gasteiger partial charge in [-0.2, -0.15) is 0 Å². The molecule has 0 radical (unpaired) electrons. The van der Waals surface area contributed by atoms with Crippen molar-refractivity contribution >= 4 is 17.7 Å². The summed E-state index contributed by atoms with van der Waals surface area (Å²) in [6.45, 7) is 2.99. The fourth-order valence-electron chi connectivity index (χ4n) is 2.13. The lowest BCUT2D eigenvalue weighted by atomic mass is 10.0. The number of Topliss-reactive ketones (excluding diaryl/α,β-unsaturated/α-hetero) is 1. The summed E-state index contributed by atoms with van der Waals surface area (Å²) in [5, 5.41) is 2.78. The molecule has 2 rings (SSSR count). The van der Waals surface area contributed by atoms with E-state index in [1.165, 1.54) is 14.0 Å². The Kier molecular flexibility index (Phi) is 5.36. The third kappa shape index (κ3) is 4.81. The molecule has 124 valence electrons. The summed E-state index contributed by atoms with van der Waals surface area (Å²) in [5.74, 6) is -0.422. The number of ether oxygens (including phenoxy) is 2. The third-order valence-electron chi connectivity index (χ3n) is 3.62. The molecule has 0 aliphatic heterocycles. The molecule has 0 spiro atoms. The van der Waals surface area contributed by atoms with Crippen LogP contribution in [0.2, 0.25) is 0 Å². The zero-order valence-electron chi connectivity index (χ0n) is 13.5. The Bertz CT molecular complexity index is 621. The van der Waals surface area contributed by atoms with Crippen molar-refractivity contribution in [2.75, 3.05) is 7.11 Å². The van der Waals surface area contributed by atoms with Crippen LogP contribution in [0.25, 0.3) is 0 Å². The monoisotopic (exact) mass is 319 g/mol. The fourth-order valence-corrected chi connectivity index (χ4v) is 2.13. The maximum absolute atomic E-state index is 12.0. The summed E-state index contributed by atoms with van der Waals surface area (Å²) in [6.07, 6.45) is 1.04. The van der Waals surface area contributed by atoms with Crippen LogP contribution in [-0.2, 0) is 20.7 Å². The van der Waals surface area contributed by atoms with E-state index >= 15 is 0 Å². The molecule has 1 aliphatic rings. The van der Waals surface area contributed by atoms with Gasteiger partial charge in [0.25, 0.3) is 5.91 Å². The highest BCUT2D eigenvalue weighted by atomic mass is 16.5. The summed E-state index contributed by atoms with van der Waals surface area (Å²) in [5.41, 5.74) is 1.05. The van der Waals surface area contributed by atoms with Crippen molar-refractivity contribution < 1.29 is 23.9 Å². The Balaban J connectivity index is 1.99. The second-order valence-electron chi connectivity index (χ2n) is 5.67. The van der Waals surface area contributed by atoms with Crippen molar-refractivity contribution in [2.24, 2.45) is 0 Å². The quantitative estimate of drug-likeness (QED) is 0.610. The Morgan fingerprint density at radius 3 is 2.57 bits per heavy atom. The van der Waals surface area contributed by atoms with Gasteiger partial charge < -0.3 is 14.8 Å². The first kappa shape index (κ1) is 17.0. The van der Waals surface area contributed by atoms with E-state index in [4.69, 9.17) is 9.47 Å². The second-order valence-corrected chi connectivity index (χ2v) is 5.67. The number of amides is 1. The van der Waals surface area contributed by atoms with E-state index in [-0.39, 0.29) is 24.2 Å². The summed E-state index contributed by atoms with van der Waals surface area (Å²) < 4.78 is 10.3. The maximum Gasteiger partial charge on any atom is 0.311 e. The van der Waals surface area contributed by atoms with Gasteiger partial charge in [-0.25, -0.2) is 0 Å². The normalized spacial score (nSPS) is 14.7. The average Bonchev–Trinajstić information content (AvgIpc) is 3.30. The van der Waals surface area contributed by atoms with E-state index in [0.717, 1.165) is 12.8 Å². The Labute approximate surface area is 135 Å². The lowest BCUT2D eigenvalue weighted by Gasteiger charge is -2.14. The predicted molar refractivity (Wildman–Crippen MR) is 83.4 cm³/mol. The summed E-state index contributed by atoms with van der Waals surface area (Å²) in [7, 11) is 1.49. The number of rotatable bonds is 7. The zero-order valence-corrected chi connectivity index (χ0v) is 13.5. The molecule has 1 aliphatic carbocycles. The molecule has 1 amide bonds. The van der Waals surface area contributed by atoms with Crippen molar-refractivity contribution in [1.29, 1.82) is 0 Å². The standard InChI is InChI=1S/C17H21NO5/c1-10(19)12-4-7-15(22-3)13(8-12)9-16(20)23-11(2)17(21)18-14-5-6-14/h4,7-8,11,14H,5-6,9H2,1-3H3,(H,18,21). The summed E-state index contributed by atoms with van der Waals surface area (Å²) in [6, 6.07) is 5.11. The van der Waals surface area contributed by atoms with Crippen LogP contribution in [0.3, 0.4) is 0 Å². The van der Waals surface area contributed by atoms with Crippen LogP contribution < -0.4 is 10.1 Å². The number of benzene rings is 1. The first-order chi connectivity index (χ1) is 10.9. The van der Waals surface area contributed by atoms with Crippen LogP contribution in [-0.4, -0.2) is 36.9 Å². The van der Waals surface area contributed by atoms with Crippen LogP contribution >= 0.6 is 0 Å². The first-order valence-corrected chi connectivity index (χ1v) is 7.58. The molecule has 1 unspecified atom stereocenters. The molecule has 1 atom stereocenters. The first-order valence-electron chi connectivity index (χ1n) is 7.58. The van der Waals surface area contributed by atoms with Crippen LogP contribution in [0.15, 0.2) is 18.2 Å². The molecule has 23 heavy (non-hydrogen) atoms. The largest absolute Gasteiger partial charge is 0.496 e. The smallest absolute Gasteiger partial charge is 0.311 e. The highest BCUT2D eigenvalue weighted by Gasteiger charge is 2.27. The molecule has 6 heteroatoms. The minimum atomic E-state index is -0.843. The Morgan fingerprint density at radius 1 is 1.30 bits per heavy atom. The number of carbonyl (C=O) groups excluding carboxylic acids is 3. The maximum atomic E-state index is 12.0. The van der Waals surface area contributed by atoms with Crippen molar-refractivity contribution in [3.8, 4) is 5.75 Å². The minimum Gasteiger partial charge on any atom is -0.496 e. The van der Waals surface area contributed by atoms with Crippen molar-refractivity contribution in [1.82, 2.24) is 5.32 Å². The zero-order chi connectivity index (χ0) is 17.0. The molecule has 0 bridgehead atoms. The molecule has 0 heterocycles. The lowest BCUT2D eigenvalue weighted by molar-refractivity contribution is -0.154. The number of methoxy groups -OCH3 is 1. The van der Waals surface area contributed by atoms with Gasteiger partial charge >= 0.3 is 5.97 Å². The number of hydrogen-bond acceptors (Lipinski definition) is 5. The molecular formula is C17H21NO5. The number of carbonyl (C=O) groups is 3. The number of hydrogen-bond donors (Lipinski definition) is 1. The van der Waals surface area contributed by atoms with Gasteiger partial charge in [-0.1, -0.05) is 0 Å². The summed E-state index contributed by atoms with van der Waals surface area (Å²) in [4.78, 5) is 35.3. The van der Waals surface area contributed by atoms with Crippen molar-refractivity contribution in [2.45, 2.75) is 45.3 Å². The van der Waals surface area contributed by atoms with E-state index < -0.39 is 12.1 Å². The topological polar surface area (TPSA) is 81.7 Å². The lowest BCUT2D eigenvalue weighted by Crippen LogP contribution is -2.37. The fraction of sp³-hybridized carbons (Fsp3) is 0.471. The highest BCUT2D eigenvalue weighted by Crippen LogP contribution is 2.22. The minimum absolute atomic E-state index is 0.0641. The van der Waals surface area contributed by atoms with Crippen LogP contribution in [0.1, 0.15) is 42.6 Å². The van der Waals surface area contributed by atoms with Gasteiger partial charge in [0.2, 0.25) is 0 Å². The summed E-state index contributed by atoms with van der Waals surface area (Å²) >= 11 is 0. The van der Waals surface area contributed by atoms with E-state index in [1.54, 1.807) is 25.1 Å². The molecule has 1 N–H and O–H groups in total. The Hall–Kier alpha value is -2.37. The molecule has 6 nitrogen and oxygen atoms in total. The molecule has 0 aromatic heterocycles. The molecule has 1 aromatic rings. The second kappa shape index (κ2) is 7.26. The van der Waals surface area contributed by atoms with Gasteiger partial charge in [-0.3, -0.25) is 14.4 Å². The van der Waals surface area contributed by atoms with Gasteiger partial charge in [-0.05, 0) is 44.9 Å². The van der Waals surface area contributed by atoms with Gasteiger partial charge in [0, 0.05) is 17.2 Å². The molecule has 1 saturated carbocycles. The molecular weight excluding hydrogens is 298 g/mol.